The Labute approximate surface area is 118 Å². The van der Waals surface area contributed by atoms with E-state index in [4.69, 9.17) is 17.3 Å². The highest BCUT2D eigenvalue weighted by Gasteiger charge is 2.20. The van der Waals surface area contributed by atoms with Crippen molar-refractivity contribution in [3.63, 3.8) is 0 Å². The Morgan fingerprint density at radius 1 is 1.26 bits per heavy atom. The van der Waals surface area contributed by atoms with Crippen LogP contribution in [0.25, 0.3) is 0 Å². The molecule has 0 amide bonds. The van der Waals surface area contributed by atoms with Gasteiger partial charge in [-0.3, -0.25) is 0 Å². The maximum atomic E-state index is 12.2. The average molecular weight is 304 g/mol. The van der Waals surface area contributed by atoms with Crippen LogP contribution < -0.4 is 10.6 Å². The zero-order chi connectivity index (χ0) is 13.9. The summed E-state index contributed by atoms with van der Waals surface area (Å²) in [7, 11) is -3.56. The minimum absolute atomic E-state index is 0.167. The lowest BCUT2D eigenvalue weighted by Gasteiger charge is -2.26. The standard InChI is InChI=1S/C12H18ClN3O2S/c13-12-8-11(5-4-10(12)9-14)19(17,18)15-16-6-2-1-3-7-16/h4-5,8,15H,1-3,6-7,9,14H2. The van der Waals surface area contributed by atoms with E-state index in [-0.39, 0.29) is 4.90 Å². The number of nitrogens with zero attached hydrogens (tertiary/aromatic N) is 1. The highest BCUT2D eigenvalue weighted by atomic mass is 35.5. The molecule has 1 aromatic carbocycles. The predicted octanol–water partition coefficient (Wildman–Crippen LogP) is 1.48. The maximum absolute atomic E-state index is 12.2. The first-order chi connectivity index (χ1) is 9.03. The van der Waals surface area contributed by atoms with Gasteiger partial charge in [0.15, 0.2) is 0 Å². The number of rotatable bonds is 4. The van der Waals surface area contributed by atoms with Gasteiger partial charge in [-0.05, 0) is 30.5 Å². The molecular formula is C12H18ClN3O2S. The van der Waals surface area contributed by atoms with Crippen molar-refractivity contribution in [2.24, 2.45) is 5.73 Å². The minimum Gasteiger partial charge on any atom is -0.326 e. The Bertz CT molecular complexity index is 542. The van der Waals surface area contributed by atoms with E-state index in [1.807, 2.05) is 0 Å². The number of nitrogens with one attached hydrogen (secondary N) is 1. The first-order valence-electron chi connectivity index (χ1n) is 6.29. The molecule has 1 saturated heterocycles. The molecular weight excluding hydrogens is 286 g/mol. The third-order valence-corrected chi connectivity index (χ3v) is 4.89. The molecule has 0 unspecified atom stereocenters. The largest absolute Gasteiger partial charge is 0.326 e. The summed E-state index contributed by atoms with van der Waals surface area (Å²) in [5, 5.41) is 2.12. The average Bonchev–Trinajstić information content (AvgIpc) is 2.39. The molecule has 1 heterocycles. The molecule has 0 radical (unpaired) electrons. The summed E-state index contributed by atoms with van der Waals surface area (Å²) in [5.74, 6) is 0. The van der Waals surface area contributed by atoms with Crippen LogP contribution in [0.2, 0.25) is 5.02 Å². The van der Waals surface area contributed by atoms with Crippen molar-refractivity contribution in [3.8, 4) is 0 Å². The van der Waals surface area contributed by atoms with Crippen molar-refractivity contribution in [3.05, 3.63) is 28.8 Å². The van der Waals surface area contributed by atoms with Crippen LogP contribution in [0, 0.1) is 0 Å². The molecule has 7 heteroatoms. The normalized spacial score (nSPS) is 17.6. The SMILES string of the molecule is NCc1ccc(S(=O)(=O)NN2CCCCC2)cc1Cl. The second kappa shape index (κ2) is 6.19. The lowest BCUT2D eigenvalue weighted by atomic mass is 10.2. The zero-order valence-electron chi connectivity index (χ0n) is 10.6. The van der Waals surface area contributed by atoms with Crippen LogP contribution in [0.15, 0.2) is 23.1 Å². The molecule has 106 valence electrons. The second-order valence-corrected chi connectivity index (χ2v) is 6.67. The molecule has 1 aromatic rings. The van der Waals surface area contributed by atoms with Gasteiger partial charge in [0.25, 0.3) is 10.0 Å². The Kier molecular flexibility index (Phi) is 4.81. The fourth-order valence-corrected chi connectivity index (χ4v) is 3.54. The molecule has 0 saturated carbocycles. The van der Waals surface area contributed by atoms with Crippen molar-refractivity contribution in [1.29, 1.82) is 0 Å². The molecule has 5 nitrogen and oxygen atoms in total. The number of piperidine rings is 1. The van der Waals surface area contributed by atoms with Crippen LogP contribution in [0.5, 0.6) is 0 Å². The summed E-state index contributed by atoms with van der Waals surface area (Å²) in [4.78, 5) is 2.76. The van der Waals surface area contributed by atoms with E-state index in [1.165, 1.54) is 12.1 Å². The van der Waals surface area contributed by atoms with E-state index in [9.17, 15) is 8.42 Å². The van der Waals surface area contributed by atoms with Gasteiger partial charge in [0.2, 0.25) is 0 Å². The van der Waals surface area contributed by atoms with Crippen molar-refractivity contribution >= 4 is 21.6 Å². The van der Waals surface area contributed by atoms with E-state index in [1.54, 1.807) is 11.1 Å². The summed E-state index contributed by atoms with van der Waals surface area (Å²) in [6.07, 6.45) is 3.17. The zero-order valence-corrected chi connectivity index (χ0v) is 12.2. The summed E-state index contributed by atoms with van der Waals surface area (Å²) in [6, 6.07) is 4.61. The first kappa shape index (κ1) is 14.7. The third-order valence-electron chi connectivity index (χ3n) is 3.16. The van der Waals surface area contributed by atoms with Gasteiger partial charge in [-0.1, -0.05) is 24.1 Å². The van der Waals surface area contributed by atoms with Gasteiger partial charge in [0.1, 0.15) is 0 Å². The fraction of sp³-hybridized carbons (Fsp3) is 0.500. The highest BCUT2D eigenvalue weighted by molar-refractivity contribution is 7.89. The van der Waals surface area contributed by atoms with Gasteiger partial charge < -0.3 is 5.73 Å². The van der Waals surface area contributed by atoms with Gasteiger partial charge in [-0.2, -0.15) is 0 Å². The maximum Gasteiger partial charge on any atom is 0.253 e. The van der Waals surface area contributed by atoms with Gasteiger partial charge in [-0.25, -0.2) is 13.4 Å². The third kappa shape index (κ3) is 3.67. The molecule has 2 rings (SSSR count). The molecule has 19 heavy (non-hydrogen) atoms. The second-order valence-electron chi connectivity index (χ2n) is 4.60. The summed E-state index contributed by atoms with van der Waals surface area (Å²) in [5.41, 5.74) is 6.24. The highest BCUT2D eigenvalue weighted by Crippen LogP contribution is 2.21. The fourth-order valence-electron chi connectivity index (χ4n) is 2.07. The number of halogens is 1. The molecule has 1 aliphatic heterocycles. The molecule has 0 aliphatic carbocycles. The monoisotopic (exact) mass is 303 g/mol. The van der Waals surface area contributed by atoms with Gasteiger partial charge >= 0.3 is 0 Å². The smallest absolute Gasteiger partial charge is 0.253 e. The number of nitrogens with two attached hydrogens (primary N) is 1. The minimum atomic E-state index is -3.56. The summed E-state index contributed by atoms with van der Waals surface area (Å²) in [6.45, 7) is 1.78. The van der Waals surface area contributed by atoms with Crippen LogP contribution in [-0.4, -0.2) is 26.5 Å². The van der Waals surface area contributed by atoms with E-state index in [2.05, 4.69) is 4.83 Å². The van der Waals surface area contributed by atoms with E-state index in [0.29, 0.717) is 11.6 Å². The van der Waals surface area contributed by atoms with Crippen LogP contribution in [0.3, 0.4) is 0 Å². The first-order valence-corrected chi connectivity index (χ1v) is 8.15. The molecule has 0 aromatic heterocycles. The molecule has 3 N–H and O–H groups in total. The topological polar surface area (TPSA) is 75.4 Å². The number of hydrazine groups is 1. The molecule has 0 atom stereocenters. The van der Waals surface area contributed by atoms with Crippen molar-refractivity contribution in [2.45, 2.75) is 30.7 Å². The van der Waals surface area contributed by atoms with E-state index >= 15 is 0 Å². The molecule has 0 spiro atoms. The Balaban J connectivity index is 2.16. The number of hydrogen-bond acceptors (Lipinski definition) is 4. The molecule has 1 fully saturated rings. The Morgan fingerprint density at radius 2 is 1.95 bits per heavy atom. The molecule has 1 aliphatic rings. The van der Waals surface area contributed by atoms with Crippen molar-refractivity contribution < 1.29 is 8.42 Å². The summed E-state index contributed by atoms with van der Waals surface area (Å²) >= 11 is 5.99. The van der Waals surface area contributed by atoms with Gasteiger partial charge in [0.05, 0.1) is 4.90 Å². The van der Waals surface area contributed by atoms with E-state index in [0.717, 1.165) is 37.9 Å². The van der Waals surface area contributed by atoms with Crippen molar-refractivity contribution in [1.82, 2.24) is 9.84 Å². The molecule has 0 bridgehead atoms. The number of benzene rings is 1. The van der Waals surface area contributed by atoms with E-state index < -0.39 is 10.0 Å². The lowest BCUT2D eigenvalue weighted by molar-refractivity contribution is 0.200. The van der Waals surface area contributed by atoms with Crippen LogP contribution in [-0.2, 0) is 16.6 Å². The van der Waals surface area contributed by atoms with Gasteiger partial charge in [0, 0.05) is 24.7 Å². The number of hydrogen-bond donors (Lipinski definition) is 2. The van der Waals surface area contributed by atoms with Crippen LogP contribution in [0.4, 0.5) is 0 Å². The van der Waals surface area contributed by atoms with Gasteiger partial charge in [-0.15, -0.1) is 4.83 Å². The van der Waals surface area contributed by atoms with Crippen molar-refractivity contribution in [2.75, 3.05) is 13.1 Å². The quantitative estimate of drug-likeness (QED) is 0.883. The lowest BCUT2D eigenvalue weighted by Crippen LogP contribution is -2.44. The Hall–Kier alpha value is -0.660. The Morgan fingerprint density at radius 3 is 2.53 bits per heavy atom. The van der Waals surface area contributed by atoms with Crippen LogP contribution in [0.1, 0.15) is 24.8 Å². The predicted molar refractivity (Wildman–Crippen MR) is 75.1 cm³/mol. The number of sulfonamides is 1. The summed E-state index contributed by atoms with van der Waals surface area (Å²) < 4.78 is 24.4. The van der Waals surface area contributed by atoms with Crippen LogP contribution >= 0.6 is 11.6 Å².